The largest absolute Gasteiger partial charge is 0.376 e. The molecule has 2 rings (SSSR count). The van der Waals surface area contributed by atoms with Crippen LogP contribution in [0.5, 0.6) is 0 Å². The fourth-order valence-electron chi connectivity index (χ4n) is 1.44. The van der Waals surface area contributed by atoms with Gasteiger partial charge in [0.25, 0.3) is 0 Å². The molecule has 5 heteroatoms. The first kappa shape index (κ1) is 10.0. The van der Waals surface area contributed by atoms with Gasteiger partial charge >= 0.3 is 0 Å². The average Bonchev–Trinajstić information content (AvgIpc) is 2.72. The van der Waals surface area contributed by atoms with Crippen LogP contribution in [0.1, 0.15) is 5.01 Å². The lowest BCUT2D eigenvalue weighted by Gasteiger charge is -2.27. The molecule has 1 aromatic heterocycles. The highest BCUT2D eigenvalue weighted by Gasteiger charge is 2.22. The van der Waals surface area contributed by atoms with E-state index in [1.807, 2.05) is 5.38 Å². The van der Waals surface area contributed by atoms with Gasteiger partial charge in [-0.1, -0.05) is 0 Å². The van der Waals surface area contributed by atoms with E-state index in [0.717, 1.165) is 11.4 Å². The predicted molar refractivity (Wildman–Crippen MR) is 54.4 cm³/mol. The van der Waals surface area contributed by atoms with Crippen molar-refractivity contribution in [1.82, 2.24) is 4.98 Å². The van der Waals surface area contributed by atoms with Crippen LogP contribution in [0.2, 0.25) is 0 Å². The quantitative estimate of drug-likeness (QED) is 0.792. The fraction of sp³-hybridized carbons (Fsp3) is 0.667. The molecule has 0 saturated carbocycles. The topological polar surface area (TPSA) is 57.4 Å². The molecule has 1 aliphatic heterocycles. The second-order valence-corrected chi connectivity index (χ2v) is 4.26. The predicted octanol–water partition coefficient (Wildman–Crippen LogP) is 0.428. The summed E-state index contributed by atoms with van der Waals surface area (Å²) in [6.45, 7) is 1.93. The molecule has 2 unspecified atom stereocenters. The molecule has 0 bridgehead atoms. The Bertz CT molecular complexity index is 260. The molecule has 2 N–H and O–H groups in total. The smallest absolute Gasteiger partial charge is 0.0964 e. The summed E-state index contributed by atoms with van der Waals surface area (Å²) in [6.07, 6.45) is 2.59. The normalized spacial score (nSPS) is 24.8. The van der Waals surface area contributed by atoms with Crippen molar-refractivity contribution in [3.05, 3.63) is 16.6 Å². The minimum atomic E-state index is -0.0125. The van der Waals surface area contributed by atoms with Crippen molar-refractivity contribution in [2.24, 2.45) is 5.73 Å². The Kier molecular flexibility index (Phi) is 3.47. The van der Waals surface area contributed by atoms with Gasteiger partial charge < -0.3 is 15.2 Å². The number of ether oxygens (including phenoxy) is 2. The molecule has 2 heterocycles. The second-order valence-electron chi connectivity index (χ2n) is 3.28. The Labute approximate surface area is 87.0 Å². The Balaban J connectivity index is 1.85. The minimum Gasteiger partial charge on any atom is -0.376 e. The van der Waals surface area contributed by atoms with Crippen LogP contribution >= 0.6 is 11.3 Å². The summed E-state index contributed by atoms with van der Waals surface area (Å²) < 4.78 is 10.8. The molecule has 0 radical (unpaired) electrons. The van der Waals surface area contributed by atoms with Crippen molar-refractivity contribution < 1.29 is 9.47 Å². The van der Waals surface area contributed by atoms with E-state index < -0.39 is 0 Å². The van der Waals surface area contributed by atoms with Gasteiger partial charge in [0.05, 0.1) is 30.9 Å². The summed E-state index contributed by atoms with van der Waals surface area (Å²) >= 11 is 1.63. The van der Waals surface area contributed by atoms with E-state index in [2.05, 4.69) is 4.98 Å². The SMILES string of the molecule is NC(Cc1nccs1)C1COCCO1. The van der Waals surface area contributed by atoms with Crippen molar-refractivity contribution >= 4 is 11.3 Å². The zero-order valence-corrected chi connectivity index (χ0v) is 8.70. The lowest BCUT2D eigenvalue weighted by Crippen LogP contribution is -2.44. The highest BCUT2D eigenvalue weighted by atomic mass is 32.1. The number of thiazole rings is 1. The number of aromatic nitrogens is 1. The molecule has 4 nitrogen and oxygen atoms in total. The lowest BCUT2D eigenvalue weighted by atomic mass is 10.1. The number of nitrogens with two attached hydrogens (primary N) is 1. The van der Waals surface area contributed by atoms with E-state index in [-0.39, 0.29) is 12.1 Å². The van der Waals surface area contributed by atoms with E-state index in [1.54, 1.807) is 17.5 Å². The first-order valence-corrected chi connectivity index (χ1v) is 5.57. The van der Waals surface area contributed by atoms with Gasteiger partial charge in [0.1, 0.15) is 0 Å². The van der Waals surface area contributed by atoms with Crippen LogP contribution in [-0.4, -0.2) is 37.0 Å². The first-order chi connectivity index (χ1) is 6.86. The molecule has 1 aliphatic rings. The van der Waals surface area contributed by atoms with Crippen LogP contribution < -0.4 is 5.73 Å². The molecular weight excluding hydrogens is 200 g/mol. The molecule has 0 aromatic carbocycles. The van der Waals surface area contributed by atoms with Crippen molar-refractivity contribution in [1.29, 1.82) is 0 Å². The third-order valence-electron chi connectivity index (χ3n) is 2.21. The fourth-order valence-corrected chi connectivity index (χ4v) is 2.13. The summed E-state index contributed by atoms with van der Waals surface area (Å²) in [5.41, 5.74) is 6.00. The number of hydrogen-bond acceptors (Lipinski definition) is 5. The van der Waals surface area contributed by atoms with Crippen LogP contribution in [0.4, 0.5) is 0 Å². The van der Waals surface area contributed by atoms with E-state index >= 15 is 0 Å². The molecule has 1 fully saturated rings. The molecule has 1 aromatic rings. The molecule has 14 heavy (non-hydrogen) atoms. The third kappa shape index (κ3) is 2.51. The van der Waals surface area contributed by atoms with E-state index in [9.17, 15) is 0 Å². The molecule has 0 aliphatic carbocycles. The van der Waals surface area contributed by atoms with Crippen molar-refractivity contribution in [2.75, 3.05) is 19.8 Å². The average molecular weight is 214 g/mol. The Morgan fingerprint density at radius 1 is 1.64 bits per heavy atom. The molecule has 1 saturated heterocycles. The highest BCUT2D eigenvalue weighted by Crippen LogP contribution is 2.11. The van der Waals surface area contributed by atoms with E-state index in [0.29, 0.717) is 19.8 Å². The van der Waals surface area contributed by atoms with Crippen LogP contribution in [0, 0.1) is 0 Å². The number of rotatable bonds is 3. The maximum atomic E-state index is 6.00. The number of nitrogens with zero attached hydrogens (tertiary/aromatic N) is 1. The maximum Gasteiger partial charge on any atom is 0.0964 e. The first-order valence-electron chi connectivity index (χ1n) is 4.69. The molecule has 0 spiro atoms. The maximum absolute atomic E-state index is 6.00. The van der Waals surface area contributed by atoms with E-state index in [1.165, 1.54) is 0 Å². The van der Waals surface area contributed by atoms with Crippen molar-refractivity contribution in [2.45, 2.75) is 18.6 Å². The summed E-state index contributed by atoms with van der Waals surface area (Å²) in [7, 11) is 0. The van der Waals surface area contributed by atoms with Gasteiger partial charge in [0.15, 0.2) is 0 Å². The van der Waals surface area contributed by atoms with Gasteiger partial charge in [0.2, 0.25) is 0 Å². The van der Waals surface area contributed by atoms with Gasteiger partial charge in [-0.15, -0.1) is 11.3 Å². The van der Waals surface area contributed by atoms with Gasteiger partial charge in [-0.25, -0.2) is 4.98 Å². The van der Waals surface area contributed by atoms with Gasteiger partial charge in [0, 0.05) is 24.0 Å². The van der Waals surface area contributed by atoms with Crippen LogP contribution in [-0.2, 0) is 15.9 Å². The lowest BCUT2D eigenvalue weighted by molar-refractivity contribution is -0.0967. The zero-order valence-electron chi connectivity index (χ0n) is 7.89. The second kappa shape index (κ2) is 4.84. The van der Waals surface area contributed by atoms with Crippen LogP contribution in [0.3, 0.4) is 0 Å². The Morgan fingerprint density at radius 2 is 2.57 bits per heavy atom. The molecule has 2 atom stereocenters. The van der Waals surface area contributed by atoms with Crippen molar-refractivity contribution in [3.8, 4) is 0 Å². The Hall–Kier alpha value is -0.490. The van der Waals surface area contributed by atoms with E-state index in [4.69, 9.17) is 15.2 Å². The summed E-state index contributed by atoms with van der Waals surface area (Å²) in [6, 6.07) is -0.0125. The standard InChI is InChI=1S/C9H14N2O2S/c10-7(5-9-11-1-4-14-9)8-6-12-2-3-13-8/h1,4,7-8H,2-3,5-6,10H2. The van der Waals surface area contributed by atoms with Crippen LogP contribution in [0.15, 0.2) is 11.6 Å². The van der Waals surface area contributed by atoms with Gasteiger partial charge in [-0.05, 0) is 0 Å². The van der Waals surface area contributed by atoms with Gasteiger partial charge in [-0.3, -0.25) is 0 Å². The minimum absolute atomic E-state index is 0.0125. The highest BCUT2D eigenvalue weighted by molar-refractivity contribution is 7.09. The number of hydrogen-bond donors (Lipinski definition) is 1. The van der Waals surface area contributed by atoms with Crippen molar-refractivity contribution in [3.63, 3.8) is 0 Å². The van der Waals surface area contributed by atoms with Gasteiger partial charge in [-0.2, -0.15) is 0 Å². The summed E-state index contributed by atoms with van der Waals surface area (Å²) in [5, 5.41) is 3.02. The summed E-state index contributed by atoms with van der Waals surface area (Å²) in [4.78, 5) is 4.19. The Morgan fingerprint density at radius 3 is 3.21 bits per heavy atom. The summed E-state index contributed by atoms with van der Waals surface area (Å²) in [5.74, 6) is 0. The molecule has 0 amide bonds. The zero-order chi connectivity index (χ0) is 9.80. The molecular formula is C9H14N2O2S. The van der Waals surface area contributed by atoms with Crippen LogP contribution in [0.25, 0.3) is 0 Å². The monoisotopic (exact) mass is 214 g/mol. The molecule has 78 valence electrons. The third-order valence-corrected chi connectivity index (χ3v) is 3.01.